The Kier molecular flexibility index (Phi) is 5.56. The maximum absolute atomic E-state index is 13.0. The van der Waals surface area contributed by atoms with Gasteiger partial charge in [0.15, 0.2) is 5.79 Å². The minimum absolute atomic E-state index is 0.00990. The van der Waals surface area contributed by atoms with Crippen LogP contribution in [0, 0.1) is 12.3 Å². The Morgan fingerprint density at radius 2 is 2.07 bits per heavy atom. The third-order valence-electron chi connectivity index (χ3n) is 4.47. The van der Waals surface area contributed by atoms with Crippen molar-refractivity contribution in [2.45, 2.75) is 30.8 Å². The standard InChI is InChI=1S/C19H21NO6S/c1-3-14-7-5-6-8-16(14)20-27(22,23)17-9-10-19(25-11-12-26-19)13-15(17)18(21)24-4-2/h1,5-8,13,17,20H,4,9-12H2,2H3. The van der Waals surface area contributed by atoms with Gasteiger partial charge in [0, 0.05) is 12.0 Å². The van der Waals surface area contributed by atoms with Crippen LogP contribution in [0.15, 0.2) is 35.9 Å². The third-order valence-corrected chi connectivity index (χ3v) is 6.22. The van der Waals surface area contributed by atoms with Crippen molar-refractivity contribution in [1.29, 1.82) is 0 Å². The van der Waals surface area contributed by atoms with E-state index in [4.69, 9.17) is 20.6 Å². The number of benzene rings is 1. The van der Waals surface area contributed by atoms with Gasteiger partial charge in [-0.15, -0.1) is 6.42 Å². The van der Waals surface area contributed by atoms with Crippen LogP contribution < -0.4 is 4.72 Å². The fourth-order valence-corrected chi connectivity index (χ4v) is 4.79. The summed E-state index contributed by atoms with van der Waals surface area (Å²) >= 11 is 0. The lowest BCUT2D eigenvalue weighted by atomic mass is 9.94. The Morgan fingerprint density at radius 3 is 2.74 bits per heavy atom. The number of carbonyl (C=O) groups is 1. The Hall–Kier alpha value is -2.34. The largest absolute Gasteiger partial charge is 0.463 e. The molecule has 1 fully saturated rings. The van der Waals surface area contributed by atoms with Crippen molar-refractivity contribution in [3.63, 3.8) is 0 Å². The highest BCUT2D eigenvalue weighted by Crippen LogP contribution is 2.37. The molecule has 144 valence electrons. The van der Waals surface area contributed by atoms with Crippen molar-refractivity contribution in [2.75, 3.05) is 24.5 Å². The van der Waals surface area contributed by atoms with Gasteiger partial charge in [-0.2, -0.15) is 0 Å². The first kappa shape index (κ1) is 19.4. The normalized spacial score (nSPS) is 21.3. The number of anilines is 1. The lowest BCUT2D eigenvalue weighted by Crippen LogP contribution is -2.42. The number of para-hydroxylation sites is 1. The summed E-state index contributed by atoms with van der Waals surface area (Å²) in [5.41, 5.74) is 0.713. The van der Waals surface area contributed by atoms with Gasteiger partial charge < -0.3 is 14.2 Å². The Morgan fingerprint density at radius 1 is 1.37 bits per heavy atom. The SMILES string of the molecule is C#Cc1ccccc1NS(=O)(=O)C1CCC2(C=C1C(=O)OCC)OCCO2. The smallest absolute Gasteiger partial charge is 0.335 e. The molecule has 1 aromatic rings. The van der Waals surface area contributed by atoms with E-state index in [2.05, 4.69) is 10.6 Å². The van der Waals surface area contributed by atoms with E-state index in [9.17, 15) is 13.2 Å². The van der Waals surface area contributed by atoms with Gasteiger partial charge in [-0.25, -0.2) is 13.2 Å². The number of nitrogens with one attached hydrogen (secondary N) is 1. The molecule has 1 unspecified atom stereocenters. The molecule has 1 aliphatic heterocycles. The summed E-state index contributed by atoms with van der Waals surface area (Å²) in [5.74, 6) is 0.679. The number of rotatable bonds is 5. The molecule has 1 saturated heterocycles. The maximum atomic E-state index is 13.0. The predicted molar refractivity (Wildman–Crippen MR) is 99.3 cm³/mol. The lowest BCUT2D eigenvalue weighted by molar-refractivity contribution is -0.143. The molecule has 3 rings (SSSR count). The average molecular weight is 391 g/mol. The molecule has 0 aromatic heterocycles. The molecule has 7 nitrogen and oxygen atoms in total. The minimum Gasteiger partial charge on any atom is -0.463 e. The van der Waals surface area contributed by atoms with Crippen LogP contribution in [0.4, 0.5) is 5.69 Å². The molecule has 0 bridgehead atoms. The first-order valence-corrected chi connectivity index (χ1v) is 10.2. The number of esters is 1. The summed E-state index contributed by atoms with van der Waals surface area (Å²) in [6.07, 6.45) is 7.35. The van der Waals surface area contributed by atoms with Crippen molar-refractivity contribution in [3.8, 4) is 12.3 Å². The van der Waals surface area contributed by atoms with Crippen LogP contribution in [0.2, 0.25) is 0 Å². The van der Waals surface area contributed by atoms with E-state index in [-0.39, 0.29) is 24.3 Å². The molecule has 27 heavy (non-hydrogen) atoms. The fourth-order valence-electron chi connectivity index (χ4n) is 3.24. The second-order valence-electron chi connectivity index (χ2n) is 6.19. The minimum atomic E-state index is -3.95. The predicted octanol–water partition coefficient (Wildman–Crippen LogP) is 1.80. The van der Waals surface area contributed by atoms with Crippen LogP contribution >= 0.6 is 0 Å². The van der Waals surface area contributed by atoms with Crippen molar-refractivity contribution in [1.82, 2.24) is 0 Å². The molecular weight excluding hydrogens is 370 g/mol. The van der Waals surface area contributed by atoms with Crippen molar-refractivity contribution < 1.29 is 27.4 Å². The monoisotopic (exact) mass is 391 g/mol. The molecule has 1 spiro atoms. The molecule has 2 aliphatic rings. The van der Waals surface area contributed by atoms with E-state index >= 15 is 0 Å². The Labute approximate surface area is 158 Å². The van der Waals surface area contributed by atoms with Crippen molar-refractivity contribution in [2.24, 2.45) is 0 Å². The van der Waals surface area contributed by atoms with Crippen LogP contribution in [-0.4, -0.2) is 45.2 Å². The van der Waals surface area contributed by atoms with Crippen LogP contribution in [0.5, 0.6) is 0 Å². The van der Waals surface area contributed by atoms with E-state index in [1.54, 1.807) is 31.2 Å². The lowest BCUT2D eigenvalue weighted by Gasteiger charge is -2.33. The quantitative estimate of drug-likeness (QED) is 0.608. The van der Waals surface area contributed by atoms with E-state index in [1.807, 2.05) is 0 Å². The zero-order valence-electron chi connectivity index (χ0n) is 14.9. The van der Waals surface area contributed by atoms with Crippen LogP contribution in [0.25, 0.3) is 0 Å². The molecule has 1 aromatic carbocycles. The molecule has 1 N–H and O–H groups in total. The van der Waals surface area contributed by atoms with Crippen molar-refractivity contribution in [3.05, 3.63) is 41.5 Å². The van der Waals surface area contributed by atoms with E-state index in [1.165, 1.54) is 6.08 Å². The number of ether oxygens (including phenoxy) is 3. The number of terminal acetylenes is 1. The number of sulfonamides is 1. The van der Waals surface area contributed by atoms with Gasteiger partial charge in [0.1, 0.15) is 5.25 Å². The van der Waals surface area contributed by atoms with Gasteiger partial charge in [-0.1, -0.05) is 18.1 Å². The molecule has 0 saturated carbocycles. The summed E-state index contributed by atoms with van der Waals surface area (Å²) in [6, 6.07) is 6.61. The molecular formula is C19H21NO6S. The molecule has 0 radical (unpaired) electrons. The van der Waals surface area contributed by atoms with Gasteiger partial charge in [0.25, 0.3) is 0 Å². The van der Waals surface area contributed by atoms with E-state index in [0.29, 0.717) is 25.2 Å². The Balaban J connectivity index is 1.95. The highest BCUT2D eigenvalue weighted by molar-refractivity contribution is 7.93. The van der Waals surface area contributed by atoms with Crippen LogP contribution in [-0.2, 0) is 29.0 Å². The second-order valence-corrected chi connectivity index (χ2v) is 8.06. The topological polar surface area (TPSA) is 90.9 Å². The molecule has 0 amide bonds. The van der Waals surface area contributed by atoms with Crippen LogP contribution in [0.1, 0.15) is 25.3 Å². The highest BCUT2D eigenvalue weighted by Gasteiger charge is 2.46. The summed E-state index contributed by atoms with van der Waals surface area (Å²) in [7, 11) is -3.95. The summed E-state index contributed by atoms with van der Waals surface area (Å²) < 4.78 is 44.9. The van der Waals surface area contributed by atoms with Crippen molar-refractivity contribution >= 4 is 21.7 Å². The zero-order valence-corrected chi connectivity index (χ0v) is 15.8. The first-order valence-electron chi connectivity index (χ1n) is 8.66. The maximum Gasteiger partial charge on any atom is 0.335 e. The fraction of sp³-hybridized carbons (Fsp3) is 0.421. The van der Waals surface area contributed by atoms with E-state index < -0.39 is 27.0 Å². The van der Waals surface area contributed by atoms with Gasteiger partial charge in [-0.05, 0) is 31.6 Å². The highest BCUT2D eigenvalue weighted by atomic mass is 32.2. The average Bonchev–Trinajstić information content (AvgIpc) is 3.09. The summed E-state index contributed by atoms with van der Waals surface area (Å²) in [4.78, 5) is 12.4. The molecule has 1 atom stereocenters. The molecule has 1 aliphatic carbocycles. The second kappa shape index (κ2) is 7.72. The number of hydrogen-bond donors (Lipinski definition) is 1. The van der Waals surface area contributed by atoms with Gasteiger partial charge in [0.2, 0.25) is 10.0 Å². The molecule has 8 heteroatoms. The zero-order chi connectivity index (χ0) is 19.5. The van der Waals surface area contributed by atoms with Crippen LogP contribution in [0.3, 0.4) is 0 Å². The first-order chi connectivity index (χ1) is 12.9. The summed E-state index contributed by atoms with van der Waals surface area (Å²) in [6.45, 7) is 2.56. The third kappa shape index (κ3) is 4.00. The van der Waals surface area contributed by atoms with E-state index in [0.717, 1.165) is 0 Å². The Bertz CT molecular complexity index is 893. The van der Waals surface area contributed by atoms with Gasteiger partial charge in [0.05, 0.1) is 31.1 Å². The number of carbonyl (C=O) groups excluding carboxylic acids is 1. The number of hydrogen-bond acceptors (Lipinski definition) is 6. The van der Waals surface area contributed by atoms with Gasteiger partial charge >= 0.3 is 5.97 Å². The molecule has 1 heterocycles. The van der Waals surface area contributed by atoms with Gasteiger partial charge in [-0.3, -0.25) is 4.72 Å². The summed E-state index contributed by atoms with van der Waals surface area (Å²) in [5, 5.41) is -1.10.